The first-order chi connectivity index (χ1) is 4.93. The summed E-state index contributed by atoms with van der Waals surface area (Å²) in [5, 5.41) is 3.26. The van der Waals surface area contributed by atoms with Crippen molar-refractivity contribution in [1.82, 2.24) is 5.32 Å². The van der Waals surface area contributed by atoms with Crippen molar-refractivity contribution in [3.05, 3.63) is 12.3 Å². The fraction of sp³-hybridized carbons (Fsp3) is 0.556. The lowest BCUT2D eigenvalue weighted by Gasteiger charge is -2.06. The number of allylic oxidation sites excluding steroid dienone is 1. The van der Waals surface area contributed by atoms with Gasteiger partial charge in [-0.25, -0.2) is 0 Å². The van der Waals surface area contributed by atoms with Crippen molar-refractivity contribution >= 4 is 0 Å². The number of nitrogens with one attached hydrogen (secondary N) is 1. The standard InChI is InChI=1S/C9H13N/c1-2-3-8-10-9-6-4-5-7-9/h1,3,8-10H,4-7H2/b8-3+. The average molecular weight is 135 g/mol. The van der Waals surface area contributed by atoms with E-state index in [-0.39, 0.29) is 0 Å². The van der Waals surface area contributed by atoms with Crippen LogP contribution < -0.4 is 5.32 Å². The van der Waals surface area contributed by atoms with Gasteiger partial charge in [-0.2, -0.15) is 0 Å². The van der Waals surface area contributed by atoms with Gasteiger partial charge in [-0.1, -0.05) is 18.8 Å². The van der Waals surface area contributed by atoms with E-state index < -0.39 is 0 Å². The lowest BCUT2D eigenvalue weighted by Crippen LogP contribution is -2.19. The first-order valence-corrected chi connectivity index (χ1v) is 3.80. The second kappa shape index (κ2) is 4.00. The molecular formula is C9H13N. The Kier molecular flexibility index (Phi) is 2.89. The van der Waals surface area contributed by atoms with Gasteiger partial charge in [-0.15, -0.1) is 6.42 Å². The van der Waals surface area contributed by atoms with Crippen LogP contribution in [0, 0.1) is 12.3 Å². The van der Waals surface area contributed by atoms with Crippen molar-refractivity contribution in [2.45, 2.75) is 31.7 Å². The molecule has 0 aromatic carbocycles. The molecule has 1 nitrogen and oxygen atoms in total. The van der Waals surface area contributed by atoms with Crippen LogP contribution in [0.1, 0.15) is 25.7 Å². The van der Waals surface area contributed by atoms with Gasteiger partial charge < -0.3 is 5.32 Å². The zero-order valence-electron chi connectivity index (χ0n) is 6.14. The Bertz CT molecular complexity index is 147. The quantitative estimate of drug-likeness (QED) is 0.568. The second-order valence-electron chi connectivity index (χ2n) is 2.65. The molecule has 0 spiro atoms. The third-order valence-electron chi connectivity index (χ3n) is 1.87. The largest absolute Gasteiger partial charge is 0.388 e. The zero-order valence-corrected chi connectivity index (χ0v) is 6.14. The smallest absolute Gasteiger partial charge is 0.0255 e. The molecule has 0 aromatic rings. The monoisotopic (exact) mass is 135 g/mol. The first kappa shape index (κ1) is 7.21. The zero-order chi connectivity index (χ0) is 7.23. The fourth-order valence-corrected chi connectivity index (χ4v) is 1.32. The highest BCUT2D eigenvalue weighted by molar-refractivity contribution is 5.08. The van der Waals surface area contributed by atoms with Crippen LogP contribution in [0.25, 0.3) is 0 Å². The van der Waals surface area contributed by atoms with Crippen molar-refractivity contribution in [3.63, 3.8) is 0 Å². The van der Waals surface area contributed by atoms with Crippen LogP contribution in [0.2, 0.25) is 0 Å². The van der Waals surface area contributed by atoms with Gasteiger partial charge in [0.2, 0.25) is 0 Å². The van der Waals surface area contributed by atoms with Crippen molar-refractivity contribution in [2.24, 2.45) is 0 Å². The van der Waals surface area contributed by atoms with Crippen LogP contribution in [0.5, 0.6) is 0 Å². The summed E-state index contributed by atoms with van der Waals surface area (Å²) in [6.45, 7) is 0. The molecular weight excluding hydrogens is 122 g/mol. The predicted molar refractivity (Wildman–Crippen MR) is 43.4 cm³/mol. The minimum absolute atomic E-state index is 0.685. The molecule has 1 fully saturated rings. The van der Waals surface area contributed by atoms with E-state index >= 15 is 0 Å². The Balaban J connectivity index is 2.13. The number of hydrogen-bond donors (Lipinski definition) is 1. The molecule has 1 aliphatic carbocycles. The molecule has 0 radical (unpaired) electrons. The van der Waals surface area contributed by atoms with Gasteiger partial charge in [0, 0.05) is 18.3 Å². The van der Waals surface area contributed by atoms with Crippen LogP contribution >= 0.6 is 0 Å². The minimum Gasteiger partial charge on any atom is -0.388 e. The number of hydrogen-bond acceptors (Lipinski definition) is 1. The second-order valence-corrected chi connectivity index (χ2v) is 2.65. The number of terminal acetylenes is 1. The molecule has 1 aliphatic rings. The highest BCUT2D eigenvalue weighted by Crippen LogP contribution is 2.17. The molecule has 1 rings (SSSR count). The molecule has 0 unspecified atom stereocenters. The maximum atomic E-state index is 5.04. The summed E-state index contributed by atoms with van der Waals surface area (Å²) in [6.07, 6.45) is 13.9. The Morgan fingerprint density at radius 3 is 2.70 bits per heavy atom. The van der Waals surface area contributed by atoms with E-state index in [0.717, 1.165) is 0 Å². The maximum Gasteiger partial charge on any atom is 0.0255 e. The maximum absolute atomic E-state index is 5.04. The summed E-state index contributed by atoms with van der Waals surface area (Å²) < 4.78 is 0. The Morgan fingerprint density at radius 1 is 1.40 bits per heavy atom. The minimum atomic E-state index is 0.685. The SMILES string of the molecule is C#C/C=C/NC1CCCC1. The van der Waals surface area contributed by atoms with Crippen LogP contribution in [0.15, 0.2) is 12.3 Å². The van der Waals surface area contributed by atoms with Gasteiger partial charge in [-0.05, 0) is 12.8 Å². The Hall–Kier alpha value is -0.900. The molecule has 0 saturated heterocycles. The summed E-state index contributed by atoms with van der Waals surface area (Å²) in [7, 11) is 0. The summed E-state index contributed by atoms with van der Waals surface area (Å²) >= 11 is 0. The van der Waals surface area contributed by atoms with Gasteiger partial charge in [0.15, 0.2) is 0 Å². The molecule has 0 amide bonds. The van der Waals surface area contributed by atoms with Gasteiger partial charge in [-0.3, -0.25) is 0 Å². The normalized spacial score (nSPS) is 19.5. The van der Waals surface area contributed by atoms with Crippen LogP contribution in [0.4, 0.5) is 0 Å². The van der Waals surface area contributed by atoms with E-state index in [0.29, 0.717) is 6.04 Å². The van der Waals surface area contributed by atoms with Gasteiger partial charge >= 0.3 is 0 Å². The van der Waals surface area contributed by atoms with Crippen LogP contribution in [0.3, 0.4) is 0 Å². The van der Waals surface area contributed by atoms with E-state index in [2.05, 4.69) is 11.2 Å². The van der Waals surface area contributed by atoms with Crippen molar-refractivity contribution in [3.8, 4) is 12.3 Å². The Morgan fingerprint density at radius 2 is 2.10 bits per heavy atom. The summed E-state index contributed by atoms with van der Waals surface area (Å²) in [5.74, 6) is 2.45. The summed E-state index contributed by atoms with van der Waals surface area (Å²) in [6, 6.07) is 0.685. The van der Waals surface area contributed by atoms with Crippen molar-refractivity contribution in [2.75, 3.05) is 0 Å². The predicted octanol–water partition coefficient (Wildman–Crippen LogP) is 1.67. The molecule has 1 heteroatoms. The average Bonchev–Trinajstić information content (AvgIpc) is 2.41. The third-order valence-corrected chi connectivity index (χ3v) is 1.87. The van der Waals surface area contributed by atoms with Gasteiger partial charge in [0.25, 0.3) is 0 Å². The van der Waals surface area contributed by atoms with Crippen molar-refractivity contribution < 1.29 is 0 Å². The van der Waals surface area contributed by atoms with Crippen LogP contribution in [-0.2, 0) is 0 Å². The van der Waals surface area contributed by atoms with E-state index in [9.17, 15) is 0 Å². The molecule has 54 valence electrons. The van der Waals surface area contributed by atoms with E-state index in [1.54, 1.807) is 6.08 Å². The van der Waals surface area contributed by atoms with E-state index in [1.165, 1.54) is 25.7 Å². The van der Waals surface area contributed by atoms with Gasteiger partial charge in [0.05, 0.1) is 0 Å². The van der Waals surface area contributed by atoms with Crippen molar-refractivity contribution in [1.29, 1.82) is 0 Å². The third kappa shape index (κ3) is 2.14. The van der Waals surface area contributed by atoms with Crippen LogP contribution in [-0.4, -0.2) is 6.04 Å². The first-order valence-electron chi connectivity index (χ1n) is 3.80. The highest BCUT2D eigenvalue weighted by Gasteiger charge is 2.11. The molecule has 1 saturated carbocycles. The van der Waals surface area contributed by atoms with E-state index in [4.69, 9.17) is 6.42 Å². The fourth-order valence-electron chi connectivity index (χ4n) is 1.32. The molecule has 10 heavy (non-hydrogen) atoms. The lowest BCUT2D eigenvalue weighted by atomic mass is 10.2. The molecule has 1 N–H and O–H groups in total. The van der Waals surface area contributed by atoms with Gasteiger partial charge in [0.1, 0.15) is 0 Å². The topological polar surface area (TPSA) is 12.0 Å². The number of rotatable bonds is 2. The molecule has 0 aliphatic heterocycles. The summed E-state index contributed by atoms with van der Waals surface area (Å²) in [4.78, 5) is 0. The lowest BCUT2D eigenvalue weighted by molar-refractivity contribution is 0.608. The summed E-state index contributed by atoms with van der Waals surface area (Å²) in [5.41, 5.74) is 0. The molecule has 0 bridgehead atoms. The molecule has 0 aromatic heterocycles. The molecule has 0 atom stereocenters. The van der Waals surface area contributed by atoms with E-state index in [1.807, 2.05) is 6.20 Å². The Labute approximate surface area is 62.5 Å². The highest BCUT2D eigenvalue weighted by atomic mass is 14.9. The molecule has 0 heterocycles.